The number of carbonyl (C=O) groups excluding carboxylic acids is 1. The van der Waals surface area contributed by atoms with Gasteiger partial charge >= 0.3 is 6.03 Å². The minimum absolute atomic E-state index is 0.132. The molecule has 0 bridgehead atoms. The summed E-state index contributed by atoms with van der Waals surface area (Å²) in [5.41, 5.74) is 1.85. The molecule has 2 heterocycles. The zero-order valence-corrected chi connectivity index (χ0v) is 13.5. The van der Waals surface area contributed by atoms with Gasteiger partial charge in [0.25, 0.3) is 0 Å². The molecule has 1 fully saturated rings. The van der Waals surface area contributed by atoms with Gasteiger partial charge in [0.2, 0.25) is 0 Å². The summed E-state index contributed by atoms with van der Waals surface area (Å²) in [7, 11) is 0. The van der Waals surface area contributed by atoms with Crippen molar-refractivity contribution in [2.45, 2.75) is 32.0 Å². The minimum atomic E-state index is -0.243. The highest BCUT2D eigenvalue weighted by Gasteiger charge is 2.16. The van der Waals surface area contributed by atoms with Crippen LogP contribution in [-0.4, -0.2) is 29.9 Å². The molecule has 1 aliphatic rings. The zero-order valence-electron chi connectivity index (χ0n) is 13.5. The zero-order chi connectivity index (χ0) is 16.8. The predicted octanol–water partition coefficient (Wildman–Crippen LogP) is 2.65. The van der Waals surface area contributed by atoms with Crippen molar-refractivity contribution in [3.63, 3.8) is 0 Å². The van der Waals surface area contributed by atoms with Crippen LogP contribution in [0, 0.1) is 5.82 Å². The van der Waals surface area contributed by atoms with Crippen LogP contribution in [0.1, 0.15) is 24.1 Å². The maximum atomic E-state index is 13.3. The molecule has 0 unspecified atom stereocenters. The second kappa shape index (κ2) is 7.97. The van der Waals surface area contributed by atoms with Gasteiger partial charge in [0.15, 0.2) is 0 Å². The van der Waals surface area contributed by atoms with Gasteiger partial charge in [-0.3, -0.25) is 0 Å². The van der Waals surface area contributed by atoms with Crippen molar-refractivity contribution >= 4 is 6.03 Å². The Kier molecular flexibility index (Phi) is 5.48. The summed E-state index contributed by atoms with van der Waals surface area (Å²) in [5, 5.41) is 5.68. The van der Waals surface area contributed by atoms with Gasteiger partial charge in [0.05, 0.1) is 12.6 Å². The van der Waals surface area contributed by atoms with E-state index in [1.807, 2.05) is 29.0 Å². The molecule has 128 valence electrons. The summed E-state index contributed by atoms with van der Waals surface area (Å²) >= 11 is 0. The molecular weight excluding hydrogens is 309 g/mol. The summed E-state index contributed by atoms with van der Waals surface area (Å²) in [5.74, 6) is -0.243. The molecule has 0 radical (unpaired) electrons. The maximum absolute atomic E-state index is 13.3. The highest BCUT2D eigenvalue weighted by atomic mass is 19.1. The third kappa shape index (κ3) is 4.58. The Balaban J connectivity index is 1.49. The molecule has 6 heteroatoms. The highest BCUT2D eigenvalue weighted by Crippen LogP contribution is 2.11. The van der Waals surface area contributed by atoms with Gasteiger partial charge in [-0.15, -0.1) is 0 Å². The lowest BCUT2D eigenvalue weighted by Crippen LogP contribution is -2.39. The van der Waals surface area contributed by atoms with Crippen LogP contribution in [0.4, 0.5) is 9.18 Å². The number of ether oxygens (including phenoxy) is 1. The van der Waals surface area contributed by atoms with Crippen molar-refractivity contribution in [3.8, 4) is 0 Å². The molecule has 2 amide bonds. The molecule has 0 spiro atoms. The Bertz CT molecular complexity index is 680. The normalized spacial score (nSPS) is 17.0. The number of nitrogens with one attached hydrogen (secondary N) is 2. The van der Waals surface area contributed by atoms with Crippen molar-refractivity contribution < 1.29 is 13.9 Å². The van der Waals surface area contributed by atoms with Crippen LogP contribution in [0.15, 0.2) is 42.6 Å². The number of hydrogen-bond acceptors (Lipinski definition) is 2. The summed E-state index contributed by atoms with van der Waals surface area (Å²) < 4.78 is 20.7. The largest absolute Gasteiger partial charge is 0.376 e. The fourth-order valence-corrected chi connectivity index (χ4v) is 2.84. The highest BCUT2D eigenvalue weighted by molar-refractivity contribution is 5.73. The molecule has 2 aromatic rings. The van der Waals surface area contributed by atoms with E-state index in [4.69, 9.17) is 4.74 Å². The molecule has 0 saturated carbocycles. The molecule has 1 aromatic heterocycles. The van der Waals surface area contributed by atoms with Crippen molar-refractivity contribution in [1.29, 1.82) is 0 Å². The quantitative estimate of drug-likeness (QED) is 0.855. The van der Waals surface area contributed by atoms with Crippen LogP contribution >= 0.6 is 0 Å². The first-order valence-corrected chi connectivity index (χ1v) is 8.22. The lowest BCUT2D eigenvalue weighted by atomic mass is 10.2. The average Bonchev–Trinajstić information content (AvgIpc) is 3.23. The fourth-order valence-electron chi connectivity index (χ4n) is 2.84. The lowest BCUT2D eigenvalue weighted by Gasteiger charge is -2.13. The number of aromatic nitrogens is 1. The van der Waals surface area contributed by atoms with Crippen LogP contribution < -0.4 is 10.6 Å². The number of hydrogen-bond donors (Lipinski definition) is 2. The fraction of sp³-hybridized carbons (Fsp3) is 0.389. The molecule has 1 saturated heterocycles. The van der Waals surface area contributed by atoms with Gasteiger partial charge in [-0.25, -0.2) is 9.18 Å². The van der Waals surface area contributed by atoms with E-state index in [1.54, 1.807) is 6.07 Å². The van der Waals surface area contributed by atoms with E-state index in [0.717, 1.165) is 30.7 Å². The lowest BCUT2D eigenvalue weighted by molar-refractivity contribution is 0.111. The van der Waals surface area contributed by atoms with Crippen molar-refractivity contribution in [1.82, 2.24) is 15.2 Å². The Morgan fingerprint density at radius 3 is 3.00 bits per heavy atom. The standard InChI is InChI=1S/C18H22FN3O2/c19-15-5-1-4-14(10-15)13-22-8-2-6-16(22)11-20-18(23)21-12-17-7-3-9-24-17/h1-2,4-6,8,10,17H,3,7,9,11-13H2,(H2,20,21,23)/t17-/m1/s1. The number of carbonyl (C=O) groups is 1. The van der Waals surface area contributed by atoms with Gasteiger partial charge < -0.3 is 19.9 Å². The van der Waals surface area contributed by atoms with Gasteiger partial charge in [0, 0.05) is 31.6 Å². The van der Waals surface area contributed by atoms with Crippen molar-refractivity contribution in [2.24, 2.45) is 0 Å². The molecule has 1 aliphatic heterocycles. The Morgan fingerprint density at radius 2 is 2.21 bits per heavy atom. The van der Waals surface area contributed by atoms with E-state index >= 15 is 0 Å². The second-order valence-corrected chi connectivity index (χ2v) is 5.96. The summed E-state index contributed by atoms with van der Waals surface area (Å²) in [6, 6.07) is 10.2. The first-order valence-electron chi connectivity index (χ1n) is 8.22. The van der Waals surface area contributed by atoms with Crippen LogP contribution in [0.2, 0.25) is 0 Å². The van der Waals surface area contributed by atoms with Crippen molar-refractivity contribution in [2.75, 3.05) is 13.2 Å². The first kappa shape index (κ1) is 16.5. The predicted molar refractivity (Wildman–Crippen MR) is 89.1 cm³/mol. The van der Waals surface area contributed by atoms with Crippen molar-refractivity contribution in [3.05, 3.63) is 59.7 Å². The van der Waals surface area contributed by atoms with Crippen LogP contribution in [0.25, 0.3) is 0 Å². The maximum Gasteiger partial charge on any atom is 0.315 e. The molecule has 5 nitrogen and oxygen atoms in total. The molecule has 1 atom stereocenters. The Labute approximate surface area is 140 Å². The van der Waals surface area contributed by atoms with Gasteiger partial charge in [-0.05, 0) is 42.7 Å². The summed E-state index contributed by atoms with van der Waals surface area (Å²) in [6.07, 6.45) is 4.11. The van der Waals surface area contributed by atoms with Crippen LogP contribution in [-0.2, 0) is 17.8 Å². The number of rotatable bonds is 6. The van der Waals surface area contributed by atoms with Gasteiger partial charge in [-0.1, -0.05) is 12.1 Å². The number of amides is 2. The van der Waals surface area contributed by atoms with E-state index in [-0.39, 0.29) is 18.0 Å². The van der Waals surface area contributed by atoms with E-state index in [9.17, 15) is 9.18 Å². The van der Waals surface area contributed by atoms with E-state index in [2.05, 4.69) is 10.6 Å². The molecule has 1 aromatic carbocycles. The molecule has 3 rings (SSSR count). The summed E-state index contributed by atoms with van der Waals surface area (Å²) in [6.45, 7) is 2.30. The third-order valence-electron chi connectivity index (χ3n) is 4.11. The minimum Gasteiger partial charge on any atom is -0.376 e. The number of benzene rings is 1. The Hall–Kier alpha value is -2.34. The molecule has 24 heavy (non-hydrogen) atoms. The number of halogens is 1. The average molecular weight is 331 g/mol. The smallest absolute Gasteiger partial charge is 0.315 e. The van der Waals surface area contributed by atoms with E-state index < -0.39 is 0 Å². The van der Waals surface area contributed by atoms with Crippen LogP contribution in [0.5, 0.6) is 0 Å². The Morgan fingerprint density at radius 1 is 1.29 bits per heavy atom. The summed E-state index contributed by atoms with van der Waals surface area (Å²) in [4.78, 5) is 11.9. The van der Waals surface area contributed by atoms with E-state index in [0.29, 0.717) is 19.6 Å². The number of urea groups is 1. The van der Waals surface area contributed by atoms with E-state index in [1.165, 1.54) is 12.1 Å². The molecular formula is C18H22FN3O2. The van der Waals surface area contributed by atoms with Crippen LogP contribution in [0.3, 0.4) is 0 Å². The second-order valence-electron chi connectivity index (χ2n) is 5.96. The number of nitrogens with zero attached hydrogens (tertiary/aromatic N) is 1. The third-order valence-corrected chi connectivity index (χ3v) is 4.11. The topological polar surface area (TPSA) is 55.3 Å². The van der Waals surface area contributed by atoms with Gasteiger partial charge in [0.1, 0.15) is 5.82 Å². The molecule has 0 aliphatic carbocycles. The monoisotopic (exact) mass is 331 g/mol. The van der Waals surface area contributed by atoms with Gasteiger partial charge in [-0.2, -0.15) is 0 Å². The SMILES string of the molecule is O=C(NCc1cccn1Cc1cccc(F)c1)NC[C@H]1CCCO1. The first-order chi connectivity index (χ1) is 11.7. The molecule has 2 N–H and O–H groups in total.